The Kier molecular flexibility index (Phi) is 3.09. The number of ether oxygens (including phenoxy) is 1. The van der Waals surface area contributed by atoms with E-state index in [4.69, 9.17) is 10.5 Å². The molecular formula is C10H16N4O2. The molecule has 1 unspecified atom stereocenters. The van der Waals surface area contributed by atoms with E-state index in [9.17, 15) is 4.79 Å². The molecule has 1 saturated heterocycles. The first-order valence-electron chi connectivity index (χ1n) is 5.35. The van der Waals surface area contributed by atoms with Crippen LogP contribution in [-0.4, -0.2) is 28.4 Å². The van der Waals surface area contributed by atoms with Crippen LogP contribution in [0.2, 0.25) is 0 Å². The van der Waals surface area contributed by atoms with Gasteiger partial charge in [0.05, 0.1) is 24.4 Å². The van der Waals surface area contributed by atoms with E-state index < -0.39 is 0 Å². The zero-order valence-corrected chi connectivity index (χ0v) is 9.27. The predicted molar refractivity (Wildman–Crippen MR) is 59.8 cm³/mol. The Hall–Kier alpha value is -1.56. The van der Waals surface area contributed by atoms with Crippen molar-refractivity contribution in [3.63, 3.8) is 0 Å². The molecule has 0 spiro atoms. The highest BCUT2D eigenvalue weighted by Gasteiger charge is 2.20. The molecule has 1 aromatic rings. The smallest absolute Gasteiger partial charge is 0.228 e. The molecule has 1 aliphatic heterocycles. The van der Waals surface area contributed by atoms with E-state index in [1.54, 1.807) is 11.7 Å². The van der Waals surface area contributed by atoms with Crippen molar-refractivity contribution in [1.82, 2.24) is 9.78 Å². The average Bonchev–Trinajstić information content (AvgIpc) is 2.83. The van der Waals surface area contributed by atoms with Crippen molar-refractivity contribution in [2.24, 2.45) is 7.05 Å². The summed E-state index contributed by atoms with van der Waals surface area (Å²) in [7, 11) is 1.73. The lowest BCUT2D eigenvalue weighted by atomic mass is 10.2. The number of hydrogen-bond donors (Lipinski definition) is 2. The molecule has 1 amide bonds. The second-order valence-corrected chi connectivity index (χ2v) is 3.96. The molecule has 1 fully saturated rings. The highest BCUT2D eigenvalue weighted by molar-refractivity contribution is 5.92. The molecular weight excluding hydrogens is 208 g/mol. The van der Waals surface area contributed by atoms with Crippen molar-refractivity contribution in [2.45, 2.75) is 25.4 Å². The third-order valence-corrected chi connectivity index (χ3v) is 2.66. The summed E-state index contributed by atoms with van der Waals surface area (Å²) in [6.07, 6.45) is 3.93. The third kappa shape index (κ3) is 2.33. The molecule has 1 aromatic heterocycles. The third-order valence-electron chi connectivity index (χ3n) is 2.66. The van der Waals surface area contributed by atoms with Gasteiger partial charge in [-0.2, -0.15) is 5.10 Å². The lowest BCUT2D eigenvalue weighted by molar-refractivity contribution is -0.118. The van der Waals surface area contributed by atoms with E-state index in [0.29, 0.717) is 17.9 Å². The summed E-state index contributed by atoms with van der Waals surface area (Å²) >= 11 is 0. The Morgan fingerprint density at radius 2 is 2.62 bits per heavy atom. The first-order chi connectivity index (χ1) is 7.66. The largest absolute Gasteiger partial charge is 0.394 e. The number of nitrogens with two attached hydrogens (primary N) is 1. The fourth-order valence-corrected chi connectivity index (χ4v) is 1.80. The topological polar surface area (TPSA) is 82.2 Å². The number of carbonyl (C=O) groups excluding carboxylic acids is 1. The minimum Gasteiger partial charge on any atom is -0.394 e. The van der Waals surface area contributed by atoms with Crippen molar-refractivity contribution < 1.29 is 9.53 Å². The number of nitrogens with zero attached hydrogens (tertiary/aromatic N) is 2. The minimum absolute atomic E-state index is 0.0504. The molecule has 6 heteroatoms. The number of rotatable bonds is 3. The van der Waals surface area contributed by atoms with Gasteiger partial charge in [-0.15, -0.1) is 0 Å². The van der Waals surface area contributed by atoms with Gasteiger partial charge in [-0.05, 0) is 12.8 Å². The van der Waals surface area contributed by atoms with Gasteiger partial charge >= 0.3 is 0 Å². The molecule has 0 bridgehead atoms. The van der Waals surface area contributed by atoms with Crippen LogP contribution in [-0.2, 0) is 16.6 Å². The van der Waals surface area contributed by atoms with Gasteiger partial charge in [0.25, 0.3) is 0 Å². The van der Waals surface area contributed by atoms with Crippen LogP contribution >= 0.6 is 0 Å². The summed E-state index contributed by atoms with van der Waals surface area (Å²) < 4.78 is 6.93. The quantitative estimate of drug-likeness (QED) is 0.783. The number of carbonyl (C=O) groups is 1. The molecule has 0 radical (unpaired) electrons. The van der Waals surface area contributed by atoms with E-state index >= 15 is 0 Å². The molecule has 88 valence electrons. The van der Waals surface area contributed by atoms with Crippen molar-refractivity contribution in [3.8, 4) is 0 Å². The molecule has 1 atom stereocenters. The van der Waals surface area contributed by atoms with E-state index in [1.807, 2.05) is 0 Å². The maximum atomic E-state index is 11.7. The second-order valence-electron chi connectivity index (χ2n) is 3.96. The number of aromatic nitrogens is 2. The van der Waals surface area contributed by atoms with Gasteiger partial charge in [-0.1, -0.05) is 0 Å². The summed E-state index contributed by atoms with van der Waals surface area (Å²) in [6.45, 7) is 0.756. The van der Waals surface area contributed by atoms with Crippen molar-refractivity contribution in [2.75, 3.05) is 17.7 Å². The van der Waals surface area contributed by atoms with E-state index in [0.717, 1.165) is 19.4 Å². The molecule has 0 aromatic carbocycles. The first-order valence-corrected chi connectivity index (χ1v) is 5.35. The number of anilines is 2. The zero-order chi connectivity index (χ0) is 11.5. The fourth-order valence-electron chi connectivity index (χ4n) is 1.80. The lowest BCUT2D eigenvalue weighted by Crippen LogP contribution is -2.21. The highest BCUT2D eigenvalue weighted by atomic mass is 16.5. The van der Waals surface area contributed by atoms with Crippen LogP contribution in [0.15, 0.2) is 6.20 Å². The standard InChI is InChI=1S/C10H16N4O2/c1-14-10(8(11)6-12-14)13-9(15)5-7-3-2-4-16-7/h6-7H,2-5,11H2,1H3,(H,13,15). The van der Waals surface area contributed by atoms with Crippen LogP contribution in [0.25, 0.3) is 0 Å². The van der Waals surface area contributed by atoms with Crippen LogP contribution in [0, 0.1) is 0 Å². The number of nitrogen functional groups attached to an aromatic ring is 1. The Morgan fingerprint density at radius 1 is 1.81 bits per heavy atom. The summed E-state index contributed by atoms with van der Waals surface area (Å²) in [5, 5.41) is 6.69. The van der Waals surface area contributed by atoms with Crippen LogP contribution in [0.1, 0.15) is 19.3 Å². The van der Waals surface area contributed by atoms with E-state index in [1.165, 1.54) is 6.20 Å². The highest BCUT2D eigenvalue weighted by Crippen LogP contribution is 2.19. The van der Waals surface area contributed by atoms with Crippen LogP contribution in [0.4, 0.5) is 11.5 Å². The molecule has 16 heavy (non-hydrogen) atoms. The molecule has 0 saturated carbocycles. The fraction of sp³-hybridized carbons (Fsp3) is 0.600. The Labute approximate surface area is 93.8 Å². The first kappa shape index (κ1) is 10.9. The Bertz CT molecular complexity index is 363. The maximum absolute atomic E-state index is 11.7. The summed E-state index contributed by atoms with van der Waals surface area (Å²) in [5.41, 5.74) is 6.14. The molecule has 2 rings (SSSR count). The SMILES string of the molecule is Cn1ncc(N)c1NC(=O)CC1CCCO1. The number of aryl methyl sites for hydroxylation is 1. The van der Waals surface area contributed by atoms with Crippen molar-refractivity contribution >= 4 is 17.4 Å². The molecule has 3 N–H and O–H groups in total. The van der Waals surface area contributed by atoms with Gasteiger partial charge in [-0.25, -0.2) is 0 Å². The zero-order valence-electron chi connectivity index (χ0n) is 9.27. The predicted octanol–water partition coefficient (Wildman–Crippen LogP) is 0.510. The van der Waals surface area contributed by atoms with Gasteiger partial charge < -0.3 is 15.8 Å². The van der Waals surface area contributed by atoms with Gasteiger partial charge in [0.15, 0.2) is 5.82 Å². The molecule has 1 aliphatic rings. The Morgan fingerprint density at radius 3 is 3.19 bits per heavy atom. The van der Waals surface area contributed by atoms with Crippen molar-refractivity contribution in [3.05, 3.63) is 6.20 Å². The van der Waals surface area contributed by atoms with Crippen LogP contribution in [0.3, 0.4) is 0 Å². The summed E-state index contributed by atoms with van der Waals surface area (Å²) in [5.74, 6) is 0.463. The minimum atomic E-state index is -0.0813. The lowest BCUT2D eigenvalue weighted by Gasteiger charge is -2.10. The average molecular weight is 224 g/mol. The summed E-state index contributed by atoms with van der Waals surface area (Å²) in [6, 6.07) is 0. The monoisotopic (exact) mass is 224 g/mol. The summed E-state index contributed by atoms with van der Waals surface area (Å²) in [4.78, 5) is 11.7. The Balaban J connectivity index is 1.91. The number of nitrogens with one attached hydrogen (secondary N) is 1. The van der Waals surface area contributed by atoms with Crippen molar-refractivity contribution in [1.29, 1.82) is 0 Å². The van der Waals surface area contributed by atoms with E-state index in [-0.39, 0.29) is 12.0 Å². The van der Waals surface area contributed by atoms with Gasteiger partial charge in [0.2, 0.25) is 5.91 Å². The van der Waals surface area contributed by atoms with Gasteiger partial charge in [0.1, 0.15) is 0 Å². The van der Waals surface area contributed by atoms with E-state index in [2.05, 4.69) is 10.4 Å². The second kappa shape index (κ2) is 4.52. The molecule has 2 heterocycles. The molecule has 6 nitrogen and oxygen atoms in total. The maximum Gasteiger partial charge on any atom is 0.228 e. The number of amides is 1. The normalized spacial score (nSPS) is 19.9. The number of hydrogen-bond acceptors (Lipinski definition) is 4. The van der Waals surface area contributed by atoms with Crippen LogP contribution in [0.5, 0.6) is 0 Å². The molecule has 0 aliphatic carbocycles. The van der Waals surface area contributed by atoms with Gasteiger partial charge in [-0.3, -0.25) is 9.48 Å². The van der Waals surface area contributed by atoms with Gasteiger partial charge in [0, 0.05) is 13.7 Å². The van der Waals surface area contributed by atoms with Crippen LogP contribution < -0.4 is 11.1 Å².